The summed E-state index contributed by atoms with van der Waals surface area (Å²) in [6, 6.07) is 9.55. The van der Waals surface area contributed by atoms with Crippen LogP contribution >= 0.6 is 0 Å². The van der Waals surface area contributed by atoms with Gasteiger partial charge in [-0.05, 0) is 22.3 Å². The summed E-state index contributed by atoms with van der Waals surface area (Å²) in [4.78, 5) is 0. The zero-order valence-electron chi connectivity index (χ0n) is 13.0. The SMILES string of the molecule is F/C=C(\c1ccc(-c2ccc(C(CF)C(F)(F)F)cc2)cc1)C(F)(F)F. The molecule has 140 valence electrons. The first-order valence-electron chi connectivity index (χ1n) is 7.29. The van der Waals surface area contributed by atoms with E-state index in [4.69, 9.17) is 0 Å². The van der Waals surface area contributed by atoms with Gasteiger partial charge in [-0.2, -0.15) is 26.3 Å². The molecule has 0 aliphatic carbocycles. The summed E-state index contributed by atoms with van der Waals surface area (Å²) in [6.07, 6.45) is -10.1. The summed E-state index contributed by atoms with van der Waals surface area (Å²) in [7, 11) is 0. The first-order chi connectivity index (χ1) is 12.1. The smallest absolute Gasteiger partial charge is 0.250 e. The van der Waals surface area contributed by atoms with Crippen molar-refractivity contribution in [2.24, 2.45) is 0 Å². The van der Waals surface area contributed by atoms with Crippen LogP contribution in [0.1, 0.15) is 17.0 Å². The second-order valence-corrected chi connectivity index (χ2v) is 5.47. The standard InChI is InChI=1S/C18H12F8/c19-9-15(17(21,22)23)13-5-1-11(2-6-13)12-3-7-14(8-4-12)16(10-20)18(24,25)26/h1-9,16H,10H2/b15-9+. The van der Waals surface area contributed by atoms with Crippen molar-refractivity contribution in [3.8, 4) is 11.1 Å². The van der Waals surface area contributed by atoms with Gasteiger partial charge >= 0.3 is 12.4 Å². The van der Waals surface area contributed by atoms with E-state index in [9.17, 15) is 35.1 Å². The van der Waals surface area contributed by atoms with Gasteiger partial charge in [-0.25, -0.2) is 4.39 Å². The third kappa shape index (κ3) is 4.42. The molecule has 0 aliphatic rings. The molecule has 0 saturated heterocycles. The van der Waals surface area contributed by atoms with Crippen LogP contribution in [-0.2, 0) is 0 Å². The first kappa shape index (κ1) is 19.9. The minimum absolute atomic E-state index is 0.250. The highest BCUT2D eigenvalue weighted by atomic mass is 19.4. The van der Waals surface area contributed by atoms with Crippen LogP contribution in [0.3, 0.4) is 0 Å². The predicted octanol–water partition coefficient (Wildman–Crippen LogP) is 6.84. The van der Waals surface area contributed by atoms with Crippen molar-refractivity contribution >= 4 is 5.57 Å². The number of hydrogen-bond acceptors (Lipinski definition) is 0. The van der Waals surface area contributed by atoms with Crippen LogP contribution in [0.2, 0.25) is 0 Å². The van der Waals surface area contributed by atoms with Gasteiger partial charge in [0.2, 0.25) is 0 Å². The zero-order chi connectivity index (χ0) is 19.5. The Hall–Kier alpha value is -2.38. The van der Waals surface area contributed by atoms with E-state index in [0.717, 1.165) is 24.3 Å². The summed E-state index contributed by atoms with van der Waals surface area (Å²) in [5, 5.41) is 0. The van der Waals surface area contributed by atoms with Crippen LogP contribution < -0.4 is 0 Å². The van der Waals surface area contributed by atoms with Crippen LogP contribution in [0, 0.1) is 0 Å². The van der Waals surface area contributed by atoms with E-state index >= 15 is 0 Å². The summed E-state index contributed by atoms with van der Waals surface area (Å²) in [5.74, 6) is -2.23. The molecule has 0 nitrogen and oxygen atoms in total. The number of hydrogen-bond donors (Lipinski definition) is 0. The molecular weight excluding hydrogens is 368 g/mol. The molecule has 0 amide bonds. The van der Waals surface area contributed by atoms with E-state index in [0.29, 0.717) is 11.1 Å². The molecule has 1 unspecified atom stereocenters. The molecule has 2 rings (SSSR count). The lowest BCUT2D eigenvalue weighted by molar-refractivity contribution is -0.153. The summed E-state index contributed by atoms with van der Waals surface area (Å²) in [5.41, 5.74) is -1.22. The normalized spacial score (nSPS) is 14.4. The average Bonchev–Trinajstić information content (AvgIpc) is 2.55. The van der Waals surface area contributed by atoms with Crippen molar-refractivity contribution in [2.45, 2.75) is 18.3 Å². The highest BCUT2D eigenvalue weighted by Gasteiger charge is 2.40. The summed E-state index contributed by atoms with van der Waals surface area (Å²) in [6.45, 7) is -1.59. The molecular formula is C18H12F8. The van der Waals surface area contributed by atoms with Crippen LogP contribution in [0.5, 0.6) is 0 Å². The molecule has 0 aromatic heterocycles. The topological polar surface area (TPSA) is 0 Å². The minimum atomic E-state index is -4.85. The maximum atomic E-state index is 12.7. The Morgan fingerprint density at radius 1 is 0.808 bits per heavy atom. The quantitative estimate of drug-likeness (QED) is 0.510. The van der Waals surface area contributed by atoms with Crippen molar-refractivity contribution in [1.29, 1.82) is 0 Å². The Kier molecular flexibility index (Phi) is 5.73. The lowest BCUT2D eigenvalue weighted by Gasteiger charge is -2.17. The number of benzene rings is 2. The molecule has 8 heteroatoms. The summed E-state index contributed by atoms with van der Waals surface area (Å²) >= 11 is 0. The van der Waals surface area contributed by atoms with Gasteiger partial charge in [0.1, 0.15) is 12.6 Å². The number of allylic oxidation sites excluding steroid dienone is 1. The minimum Gasteiger partial charge on any atom is -0.250 e. The zero-order valence-corrected chi connectivity index (χ0v) is 13.0. The van der Waals surface area contributed by atoms with Crippen LogP contribution in [0.4, 0.5) is 35.1 Å². The van der Waals surface area contributed by atoms with Gasteiger partial charge in [0.05, 0.1) is 11.9 Å². The van der Waals surface area contributed by atoms with Gasteiger partial charge in [-0.1, -0.05) is 48.5 Å². The molecule has 0 radical (unpaired) electrons. The van der Waals surface area contributed by atoms with E-state index < -0.39 is 36.8 Å². The Morgan fingerprint density at radius 2 is 1.27 bits per heavy atom. The molecule has 2 aromatic carbocycles. The van der Waals surface area contributed by atoms with Crippen molar-refractivity contribution in [2.75, 3.05) is 6.67 Å². The van der Waals surface area contributed by atoms with Crippen molar-refractivity contribution < 1.29 is 35.1 Å². The fraction of sp³-hybridized carbons (Fsp3) is 0.222. The third-order valence-electron chi connectivity index (χ3n) is 3.81. The fourth-order valence-corrected chi connectivity index (χ4v) is 2.40. The molecule has 0 fully saturated rings. The molecule has 0 saturated carbocycles. The highest BCUT2D eigenvalue weighted by Crippen LogP contribution is 2.37. The number of rotatable bonds is 4. The largest absolute Gasteiger partial charge is 0.419 e. The maximum absolute atomic E-state index is 12.7. The van der Waals surface area contributed by atoms with Gasteiger partial charge in [-0.3, -0.25) is 4.39 Å². The van der Waals surface area contributed by atoms with E-state index in [-0.39, 0.29) is 11.1 Å². The van der Waals surface area contributed by atoms with Crippen molar-refractivity contribution in [1.82, 2.24) is 0 Å². The highest BCUT2D eigenvalue weighted by molar-refractivity contribution is 5.72. The van der Waals surface area contributed by atoms with E-state index in [1.165, 1.54) is 24.3 Å². The van der Waals surface area contributed by atoms with Crippen LogP contribution in [0.25, 0.3) is 16.7 Å². The van der Waals surface area contributed by atoms with Crippen molar-refractivity contribution in [3.63, 3.8) is 0 Å². The lowest BCUT2D eigenvalue weighted by Crippen LogP contribution is -2.22. The Morgan fingerprint density at radius 3 is 1.62 bits per heavy atom. The van der Waals surface area contributed by atoms with E-state index in [2.05, 4.69) is 0 Å². The lowest BCUT2D eigenvalue weighted by atomic mass is 9.95. The van der Waals surface area contributed by atoms with Gasteiger partial charge in [-0.15, -0.1) is 0 Å². The van der Waals surface area contributed by atoms with Gasteiger partial charge in [0, 0.05) is 0 Å². The summed E-state index contributed by atoms with van der Waals surface area (Å²) < 4.78 is 101. The predicted molar refractivity (Wildman–Crippen MR) is 81.8 cm³/mol. The number of halogens is 8. The average molecular weight is 380 g/mol. The first-order valence-corrected chi connectivity index (χ1v) is 7.29. The molecule has 26 heavy (non-hydrogen) atoms. The molecule has 0 N–H and O–H groups in total. The Labute approximate surface area is 143 Å². The second-order valence-electron chi connectivity index (χ2n) is 5.47. The van der Waals surface area contributed by atoms with E-state index in [1.54, 1.807) is 0 Å². The van der Waals surface area contributed by atoms with Crippen LogP contribution in [0.15, 0.2) is 54.9 Å². The Bertz CT molecular complexity index is 752. The van der Waals surface area contributed by atoms with Crippen molar-refractivity contribution in [3.05, 3.63) is 66.0 Å². The van der Waals surface area contributed by atoms with E-state index in [1.807, 2.05) is 0 Å². The third-order valence-corrected chi connectivity index (χ3v) is 3.81. The van der Waals surface area contributed by atoms with Gasteiger partial charge in [0.15, 0.2) is 0 Å². The molecule has 0 bridgehead atoms. The molecule has 2 aromatic rings. The molecule has 0 heterocycles. The Balaban J connectivity index is 2.28. The fourth-order valence-electron chi connectivity index (χ4n) is 2.40. The molecule has 0 aliphatic heterocycles. The molecule has 0 spiro atoms. The maximum Gasteiger partial charge on any atom is 0.419 e. The van der Waals surface area contributed by atoms with Gasteiger partial charge < -0.3 is 0 Å². The monoisotopic (exact) mass is 380 g/mol. The number of alkyl halides is 7. The second kappa shape index (κ2) is 7.47. The van der Waals surface area contributed by atoms with Crippen LogP contribution in [-0.4, -0.2) is 19.0 Å². The van der Waals surface area contributed by atoms with Gasteiger partial charge in [0.25, 0.3) is 0 Å². The molecule has 1 atom stereocenters.